The van der Waals surface area contributed by atoms with Crippen LogP contribution in [-0.2, 0) is 9.47 Å². The van der Waals surface area contributed by atoms with Crippen LogP contribution < -0.4 is 20.2 Å². The lowest BCUT2D eigenvalue weighted by molar-refractivity contribution is -0.0747. The number of ether oxygens (including phenoxy) is 3. The molecular formula is C36H56BrN5O3. The standard InChI is InChI=1S/C36H56BrN5O3/c1-8-10-12-16-36(6,15-11-9-2)22-44-35-39-31-18-30(37)33-29(17-24(3)26(5)38-33)32(31)34(40-35)42-27-13-14-28(42)21-41(20-27)19-25(4)45-23-43-7/h17-18,24-28H,8-16,19-23H2,1-7H3. The molecule has 1 aromatic heterocycles. The van der Waals surface area contributed by atoms with Crippen molar-refractivity contribution in [1.82, 2.24) is 14.9 Å². The minimum Gasteiger partial charge on any atom is -0.463 e. The molecule has 9 heteroatoms. The van der Waals surface area contributed by atoms with E-state index in [1.54, 1.807) is 7.11 Å². The summed E-state index contributed by atoms with van der Waals surface area (Å²) in [6.45, 7) is 17.4. The molecule has 0 amide bonds. The van der Waals surface area contributed by atoms with Gasteiger partial charge in [-0.2, -0.15) is 9.97 Å². The smallest absolute Gasteiger partial charge is 0.318 e. The summed E-state index contributed by atoms with van der Waals surface area (Å²) in [5.74, 6) is 1.35. The summed E-state index contributed by atoms with van der Waals surface area (Å²) in [5.41, 5.74) is 1.04. The maximum atomic E-state index is 6.63. The lowest BCUT2D eigenvalue weighted by Crippen LogP contribution is -2.55. The van der Waals surface area contributed by atoms with Gasteiger partial charge in [0, 0.05) is 53.9 Å². The minimum absolute atomic E-state index is 0.116. The van der Waals surface area contributed by atoms with E-state index in [1.807, 2.05) is 0 Å². The molecule has 5 rings (SSSR count). The molecule has 0 spiro atoms. The topological polar surface area (TPSA) is 72.3 Å². The van der Waals surface area contributed by atoms with Gasteiger partial charge in [0.2, 0.25) is 0 Å². The zero-order valence-corrected chi connectivity index (χ0v) is 30.4. The van der Waals surface area contributed by atoms with E-state index in [0.29, 0.717) is 37.4 Å². The highest BCUT2D eigenvalue weighted by Crippen LogP contribution is 2.38. The van der Waals surface area contributed by atoms with E-state index in [4.69, 9.17) is 29.2 Å². The molecule has 0 aliphatic carbocycles. The summed E-state index contributed by atoms with van der Waals surface area (Å²) < 4.78 is 18.6. The Balaban J connectivity index is 1.52. The lowest BCUT2D eigenvalue weighted by Gasteiger charge is -2.43. The molecule has 0 saturated carbocycles. The monoisotopic (exact) mass is 685 g/mol. The van der Waals surface area contributed by atoms with Crippen LogP contribution in [0.15, 0.2) is 15.5 Å². The van der Waals surface area contributed by atoms with Gasteiger partial charge in [-0.1, -0.05) is 65.9 Å². The van der Waals surface area contributed by atoms with Crippen LogP contribution in [0, 0.1) is 11.3 Å². The van der Waals surface area contributed by atoms with Crippen molar-refractivity contribution in [2.45, 2.75) is 124 Å². The summed E-state index contributed by atoms with van der Waals surface area (Å²) in [6.07, 6.45) is 13.3. The highest BCUT2D eigenvalue weighted by Gasteiger charge is 2.42. The maximum Gasteiger partial charge on any atom is 0.318 e. The van der Waals surface area contributed by atoms with E-state index in [2.05, 4.69) is 79.4 Å². The van der Waals surface area contributed by atoms with E-state index in [1.165, 1.54) is 38.5 Å². The summed E-state index contributed by atoms with van der Waals surface area (Å²) in [7, 11) is 1.68. The fourth-order valence-electron chi connectivity index (χ4n) is 7.51. The van der Waals surface area contributed by atoms with Crippen LogP contribution in [0.1, 0.15) is 99.3 Å². The first-order chi connectivity index (χ1) is 21.7. The molecule has 3 aliphatic rings. The Labute approximate surface area is 279 Å². The second kappa shape index (κ2) is 15.4. The number of fused-ring (bicyclic) bond motifs is 5. The third-order valence-electron chi connectivity index (χ3n) is 10.3. The highest BCUT2D eigenvalue weighted by molar-refractivity contribution is 9.10. The number of hydrogen-bond donors (Lipinski definition) is 0. The van der Waals surface area contributed by atoms with Crippen LogP contribution in [0.5, 0.6) is 6.01 Å². The molecule has 2 bridgehead atoms. The normalized spacial score (nSPS) is 25.0. The average Bonchev–Trinajstić information content (AvgIpc) is 3.28. The van der Waals surface area contributed by atoms with E-state index in [9.17, 15) is 0 Å². The SMILES string of the molecule is CCCCCC(C)(CCCC)COc1nc(N2C3CCC2CN(CC(C)OCOC)C3)c2c3c(c(Br)cc2n1)=NC(C)C(C)C=3. The minimum atomic E-state index is 0.116. The Morgan fingerprint density at radius 1 is 1.04 bits per heavy atom. The lowest BCUT2D eigenvalue weighted by atomic mass is 9.81. The van der Waals surface area contributed by atoms with E-state index >= 15 is 0 Å². The van der Waals surface area contributed by atoms with Crippen LogP contribution in [0.2, 0.25) is 0 Å². The van der Waals surface area contributed by atoms with E-state index in [-0.39, 0.29) is 17.6 Å². The second-order valence-electron chi connectivity index (χ2n) is 14.3. The van der Waals surface area contributed by atoms with Crippen molar-refractivity contribution in [3.8, 4) is 6.01 Å². The van der Waals surface area contributed by atoms with Crippen molar-refractivity contribution in [3.05, 3.63) is 21.1 Å². The first kappa shape index (κ1) is 34.5. The number of likely N-dealkylation sites (tertiary alicyclic amines) is 1. The number of nitrogens with zero attached hydrogens (tertiary/aromatic N) is 5. The van der Waals surface area contributed by atoms with Gasteiger partial charge in [-0.3, -0.25) is 9.89 Å². The number of unbranched alkanes of at least 4 members (excludes halogenated alkanes) is 3. The number of methoxy groups -OCH3 is 1. The van der Waals surface area contributed by atoms with Crippen molar-refractivity contribution >= 4 is 38.7 Å². The molecule has 0 radical (unpaired) electrons. The number of aromatic nitrogens is 2. The van der Waals surface area contributed by atoms with E-state index < -0.39 is 0 Å². The average molecular weight is 687 g/mol. The van der Waals surface area contributed by atoms with Gasteiger partial charge in [-0.25, -0.2) is 0 Å². The molecule has 250 valence electrons. The Morgan fingerprint density at radius 2 is 1.76 bits per heavy atom. The van der Waals surface area contributed by atoms with Gasteiger partial charge in [0.25, 0.3) is 0 Å². The molecule has 4 heterocycles. The maximum absolute atomic E-state index is 6.63. The highest BCUT2D eigenvalue weighted by atomic mass is 79.9. The quantitative estimate of drug-likeness (QED) is 0.145. The largest absolute Gasteiger partial charge is 0.463 e. The molecule has 0 N–H and O–H groups in total. The number of rotatable bonds is 16. The van der Waals surface area contributed by atoms with Crippen molar-refractivity contribution in [2.75, 3.05) is 45.0 Å². The summed E-state index contributed by atoms with van der Waals surface area (Å²) in [5, 5.41) is 3.29. The summed E-state index contributed by atoms with van der Waals surface area (Å²) in [6, 6.07) is 3.62. The third kappa shape index (κ3) is 8.02. The van der Waals surface area contributed by atoms with Gasteiger partial charge >= 0.3 is 6.01 Å². The predicted molar refractivity (Wildman–Crippen MR) is 187 cm³/mol. The van der Waals surface area contributed by atoms with Crippen molar-refractivity contribution < 1.29 is 14.2 Å². The third-order valence-corrected chi connectivity index (χ3v) is 10.9. The molecule has 8 nitrogen and oxygen atoms in total. The summed E-state index contributed by atoms with van der Waals surface area (Å²) >= 11 is 3.86. The Bertz CT molecular complexity index is 1410. The van der Waals surface area contributed by atoms with Crippen LogP contribution in [0.25, 0.3) is 17.0 Å². The second-order valence-corrected chi connectivity index (χ2v) is 15.1. The van der Waals surface area contributed by atoms with Crippen LogP contribution >= 0.6 is 15.9 Å². The first-order valence-electron chi connectivity index (χ1n) is 17.5. The molecule has 2 fully saturated rings. The molecule has 2 saturated heterocycles. The first-order valence-corrected chi connectivity index (χ1v) is 18.3. The van der Waals surface area contributed by atoms with Gasteiger partial charge in [0.05, 0.1) is 35.0 Å². The Kier molecular flexibility index (Phi) is 11.8. The molecule has 45 heavy (non-hydrogen) atoms. The van der Waals surface area contributed by atoms with Crippen LogP contribution in [0.3, 0.4) is 0 Å². The van der Waals surface area contributed by atoms with Gasteiger partial charge in [-0.05, 0) is 67.4 Å². The molecule has 6 unspecified atom stereocenters. The van der Waals surface area contributed by atoms with Gasteiger partial charge in [-0.15, -0.1) is 0 Å². The van der Waals surface area contributed by atoms with E-state index in [0.717, 1.165) is 70.7 Å². The fraction of sp³-hybridized carbons (Fsp3) is 0.750. The van der Waals surface area contributed by atoms with Gasteiger partial charge < -0.3 is 19.1 Å². The molecule has 3 aliphatic heterocycles. The zero-order valence-electron chi connectivity index (χ0n) is 28.8. The Morgan fingerprint density at radius 3 is 2.44 bits per heavy atom. The zero-order chi connectivity index (χ0) is 32.1. The van der Waals surface area contributed by atoms with Gasteiger partial charge in [0.15, 0.2) is 0 Å². The number of anilines is 1. The van der Waals surface area contributed by atoms with Crippen molar-refractivity contribution in [2.24, 2.45) is 16.3 Å². The van der Waals surface area contributed by atoms with Crippen molar-refractivity contribution in [3.63, 3.8) is 0 Å². The summed E-state index contributed by atoms with van der Waals surface area (Å²) in [4.78, 5) is 20.7. The number of hydrogen-bond acceptors (Lipinski definition) is 8. The number of piperazine rings is 1. The fourth-order valence-corrected chi connectivity index (χ4v) is 8.04. The molecule has 6 atom stereocenters. The van der Waals surface area contributed by atoms with Crippen LogP contribution in [0.4, 0.5) is 5.82 Å². The van der Waals surface area contributed by atoms with Crippen LogP contribution in [-0.4, -0.2) is 79.2 Å². The van der Waals surface area contributed by atoms with Crippen molar-refractivity contribution in [1.29, 1.82) is 0 Å². The predicted octanol–water partition coefficient (Wildman–Crippen LogP) is 6.65. The molecule has 1 aromatic carbocycles. The molecular weight excluding hydrogens is 630 g/mol. The number of halogens is 1. The Hall–Kier alpha value is -1.81. The molecule has 2 aromatic rings. The number of benzene rings is 1. The van der Waals surface area contributed by atoms with Gasteiger partial charge in [0.1, 0.15) is 12.6 Å².